The summed E-state index contributed by atoms with van der Waals surface area (Å²) in [6.45, 7) is 3.21. The molecule has 2 atom stereocenters. The number of hydrogen-bond acceptors (Lipinski definition) is 3. The Morgan fingerprint density at radius 3 is 2.76 bits per heavy atom. The van der Waals surface area contributed by atoms with Crippen LogP contribution in [-0.4, -0.2) is 17.0 Å². The van der Waals surface area contributed by atoms with Gasteiger partial charge in [-0.2, -0.15) is 0 Å². The van der Waals surface area contributed by atoms with Crippen LogP contribution in [0.2, 0.25) is 0 Å². The maximum absolute atomic E-state index is 4.61. The van der Waals surface area contributed by atoms with Crippen molar-refractivity contribution in [2.45, 2.75) is 31.1 Å². The highest BCUT2D eigenvalue weighted by molar-refractivity contribution is 8.14. The molecule has 0 bridgehead atoms. The molecular formula is C14H18N2S. The lowest BCUT2D eigenvalue weighted by molar-refractivity contribution is 0.721. The number of aliphatic imine (C=N–C) groups is 1. The zero-order chi connectivity index (χ0) is 11.7. The molecule has 2 aliphatic rings. The molecule has 1 N–H and O–H groups in total. The summed E-state index contributed by atoms with van der Waals surface area (Å²) in [5.41, 5.74) is 1.32. The van der Waals surface area contributed by atoms with E-state index in [0.717, 1.165) is 22.9 Å². The van der Waals surface area contributed by atoms with Crippen molar-refractivity contribution in [1.82, 2.24) is 5.32 Å². The number of thioether (sulfide) groups is 1. The standard InChI is InChI=1S/C14H18N2S/c1-10(11-5-3-2-4-6-11)16-14-15-9-13(17-14)12-7-8-12/h2-6,10,12-13H,7-9H2,1H3,(H,15,16). The Bertz CT molecular complexity index is 411. The summed E-state index contributed by atoms with van der Waals surface area (Å²) in [5, 5.41) is 5.41. The average molecular weight is 246 g/mol. The molecular weight excluding hydrogens is 228 g/mol. The molecule has 0 amide bonds. The number of rotatable bonds is 3. The quantitative estimate of drug-likeness (QED) is 0.885. The van der Waals surface area contributed by atoms with Gasteiger partial charge in [-0.15, -0.1) is 0 Å². The number of nitrogens with zero attached hydrogens (tertiary/aromatic N) is 1. The molecule has 1 heterocycles. The molecule has 17 heavy (non-hydrogen) atoms. The zero-order valence-corrected chi connectivity index (χ0v) is 10.9. The number of nitrogens with one attached hydrogen (secondary N) is 1. The van der Waals surface area contributed by atoms with Crippen molar-refractivity contribution in [2.75, 3.05) is 6.54 Å². The Kier molecular flexibility index (Phi) is 3.10. The van der Waals surface area contributed by atoms with Gasteiger partial charge in [0.2, 0.25) is 0 Å². The summed E-state index contributed by atoms with van der Waals surface area (Å²) in [6, 6.07) is 10.9. The molecule has 0 spiro atoms. The molecule has 1 aromatic rings. The van der Waals surface area contributed by atoms with Crippen LogP contribution in [0.15, 0.2) is 35.3 Å². The molecule has 3 rings (SSSR count). The fraction of sp³-hybridized carbons (Fsp3) is 0.500. The minimum Gasteiger partial charge on any atom is -0.358 e. The second kappa shape index (κ2) is 4.73. The summed E-state index contributed by atoms with van der Waals surface area (Å²) in [6.07, 6.45) is 2.82. The van der Waals surface area contributed by atoms with E-state index < -0.39 is 0 Å². The number of hydrogen-bond donors (Lipinski definition) is 1. The highest BCUT2D eigenvalue weighted by Gasteiger charge is 2.35. The van der Waals surface area contributed by atoms with E-state index in [0.29, 0.717) is 6.04 Å². The molecule has 0 aromatic heterocycles. The van der Waals surface area contributed by atoms with Crippen molar-refractivity contribution in [3.63, 3.8) is 0 Å². The lowest BCUT2D eigenvalue weighted by atomic mass is 10.1. The molecule has 2 nitrogen and oxygen atoms in total. The lowest BCUT2D eigenvalue weighted by Crippen LogP contribution is -2.23. The fourth-order valence-corrected chi connectivity index (χ4v) is 3.49. The predicted octanol–water partition coefficient (Wildman–Crippen LogP) is 3.22. The average Bonchev–Trinajstić information content (AvgIpc) is 3.12. The smallest absolute Gasteiger partial charge is 0.157 e. The van der Waals surface area contributed by atoms with Crippen LogP contribution < -0.4 is 5.32 Å². The Morgan fingerprint density at radius 1 is 1.29 bits per heavy atom. The monoisotopic (exact) mass is 246 g/mol. The van der Waals surface area contributed by atoms with Crippen molar-refractivity contribution in [2.24, 2.45) is 10.9 Å². The molecule has 2 unspecified atom stereocenters. The van der Waals surface area contributed by atoms with Crippen LogP contribution in [0.5, 0.6) is 0 Å². The number of amidine groups is 1. The van der Waals surface area contributed by atoms with E-state index in [1.165, 1.54) is 18.4 Å². The first kappa shape index (κ1) is 11.1. The van der Waals surface area contributed by atoms with Crippen LogP contribution in [-0.2, 0) is 0 Å². The van der Waals surface area contributed by atoms with Gasteiger partial charge < -0.3 is 5.32 Å². The van der Waals surface area contributed by atoms with Crippen molar-refractivity contribution in [3.05, 3.63) is 35.9 Å². The van der Waals surface area contributed by atoms with Crippen molar-refractivity contribution < 1.29 is 0 Å². The van der Waals surface area contributed by atoms with Gasteiger partial charge in [0.1, 0.15) is 0 Å². The second-order valence-electron chi connectivity index (χ2n) is 4.92. The topological polar surface area (TPSA) is 24.4 Å². The molecule has 0 saturated heterocycles. The summed E-state index contributed by atoms with van der Waals surface area (Å²) in [5.74, 6) is 0.940. The van der Waals surface area contributed by atoms with Gasteiger partial charge in [-0.1, -0.05) is 42.1 Å². The Balaban J connectivity index is 1.57. The molecule has 1 aliphatic carbocycles. The van der Waals surface area contributed by atoms with Crippen molar-refractivity contribution >= 4 is 16.9 Å². The van der Waals surface area contributed by atoms with Crippen molar-refractivity contribution in [1.29, 1.82) is 0 Å². The molecule has 1 aromatic carbocycles. The van der Waals surface area contributed by atoms with Gasteiger partial charge >= 0.3 is 0 Å². The fourth-order valence-electron chi connectivity index (χ4n) is 2.19. The van der Waals surface area contributed by atoms with E-state index >= 15 is 0 Å². The third kappa shape index (κ3) is 2.65. The Morgan fingerprint density at radius 2 is 2.06 bits per heavy atom. The van der Waals surface area contributed by atoms with Crippen LogP contribution in [0.3, 0.4) is 0 Å². The first-order valence-corrected chi connectivity index (χ1v) is 7.23. The van der Waals surface area contributed by atoms with Gasteiger partial charge in [0.15, 0.2) is 5.17 Å². The number of benzene rings is 1. The van der Waals surface area contributed by atoms with Gasteiger partial charge in [0, 0.05) is 5.25 Å². The van der Waals surface area contributed by atoms with E-state index in [1.807, 2.05) is 11.8 Å². The van der Waals surface area contributed by atoms with Gasteiger partial charge in [-0.3, -0.25) is 4.99 Å². The third-order valence-corrected chi connectivity index (χ3v) is 4.77. The molecule has 0 radical (unpaired) electrons. The summed E-state index contributed by atoms with van der Waals surface area (Å²) in [4.78, 5) is 4.61. The normalized spacial score (nSPS) is 25.5. The van der Waals surface area contributed by atoms with Crippen LogP contribution in [0, 0.1) is 5.92 Å². The molecule has 1 saturated carbocycles. The molecule has 1 fully saturated rings. The minimum atomic E-state index is 0.348. The SMILES string of the molecule is CC(NC1=NCC(C2CC2)S1)c1ccccc1. The van der Waals surface area contributed by atoms with Gasteiger partial charge in [-0.25, -0.2) is 0 Å². The van der Waals surface area contributed by atoms with Crippen molar-refractivity contribution in [3.8, 4) is 0 Å². The van der Waals surface area contributed by atoms with Gasteiger partial charge in [-0.05, 0) is 31.2 Å². The van der Waals surface area contributed by atoms with E-state index in [9.17, 15) is 0 Å². The van der Waals surface area contributed by atoms with E-state index in [2.05, 4.69) is 47.6 Å². The zero-order valence-electron chi connectivity index (χ0n) is 10.1. The minimum absolute atomic E-state index is 0.348. The first-order chi connectivity index (χ1) is 8.33. The Labute approximate surface area is 107 Å². The Hall–Kier alpha value is -0.960. The molecule has 3 heteroatoms. The predicted molar refractivity (Wildman–Crippen MR) is 74.4 cm³/mol. The maximum Gasteiger partial charge on any atom is 0.157 e. The van der Waals surface area contributed by atoms with E-state index in [-0.39, 0.29) is 0 Å². The largest absolute Gasteiger partial charge is 0.358 e. The van der Waals surface area contributed by atoms with Crippen LogP contribution in [0.25, 0.3) is 0 Å². The third-order valence-electron chi connectivity index (χ3n) is 3.47. The highest BCUT2D eigenvalue weighted by atomic mass is 32.2. The summed E-state index contributed by atoms with van der Waals surface area (Å²) in [7, 11) is 0. The highest BCUT2D eigenvalue weighted by Crippen LogP contribution is 2.41. The maximum atomic E-state index is 4.61. The van der Waals surface area contributed by atoms with Gasteiger partial charge in [0.05, 0.1) is 12.6 Å². The second-order valence-corrected chi connectivity index (χ2v) is 6.14. The van der Waals surface area contributed by atoms with Crippen LogP contribution in [0.1, 0.15) is 31.4 Å². The van der Waals surface area contributed by atoms with E-state index in [4.69, 9.17) is 0 Å². The van der Waals surface area contributed by atoms with E-state index in [1.54, 1.807) is 0 Å². The molecule has 1 aliphatic heterocycles. The first-order valence-electron chi connectivity index (χ1n) is 6.35. The molecule has 90 valence electrons. The van der Waals surface area contributed by atoms with Gasteiger partial charge in [0.25, 0.3) is 0 Å². The lowest BCUT2D eigenvalue weighted by Gasteiger charge is -2.15. The summed E-state index contributed by atoms with van der Waals surface area (Å²) >= 11 is 1.94. The summed E-state index contributed by atoms with van der Waals surface area (Å²) < 4.78 is 0. The van der Waals surface area contributed by atoms with Crippen LogP contribution in [0.4, 0.5) is 0 Å². The van der Waals surface area contributed by atoms with Crippen LogP contribution >= 0.6 is 11.8 Å².